The van der Waals surface area contributed by atoms with E-state index in [1.165, 1.54) is 16.7 Å². The summed E-state index contributed by atoms with van der Waals surface area (Å²) in [6.07, 6.45) is 6.54. The molecular weight excluding hydrogens is 334 g/mol. The molecule has 0 saturated heterocycles. The van der Waals surface area contributed by atoms with Crippen LogP contribution in [0.5, 0.6) is 0 Å². The molecule has 0 aromatic heterocycles. The van der Waals surface area contributed by atoms with Crippen molar-refractivity contribution < 1.29 is 26.5 Å². The van der Waals surface area contributed by atoms with Crippen LogP contribution in [-0.2, 0) is 26.5 Å². The van der Waals surface area contributed by atoms with Crippen LogP contribution in [-0.4, -0.2) is 15.4 Å². The molecule has 5 rings (SSSR count). The molecule has 1 N–H and O–H groups in total. The van der Waals surface area contributed by atoms with Gasteiger partial charge in [0.2, 0.25) is 0 Å². The summed E-state index contributed by atoms with van der Waals surface area (Å²) in [4.78, 5) is 10.9. The molecule has 1 amide bonds. The average Bonchev–Trinajstić information content (AvgIpc) is 2.94. The first-order valence-corrected chi connectivity index (χ1v) is 10.9. The van der Waals surface area contributed by atoms with Gasteiger partial charge in [-0.05, 0) is 37.0 Å². The Labute approximate surface area is 159 Å². The quantitative estimate of drug-likeness (QED) is 0.484. The molecule has 1 atom stereocenters. The van der Waals surface area contributed by atoms with Crippen molar-refractivity contribution in [3.8, 4) is 0 Å². The van der Waals surface area contributed by atoms with Crippen molar-refractivity contribution in [2.24, 2.45) is 29.1 Å². The third-order valence-corrected chi connectivity index (χ3v) is 6.11. The fraction of sp³-hybridized carbons (Fsp3) is 0.737. The van der Waals surface area contributed by atoms with Gasteiger partial charge in [-0.15, -0.1) is 6.92 Å². The van der Waals surface area contributed by atoms with Gasteiger partial charge < -0.3 is 10.5 Å². The molecule has 23 heavy (non-hydrogen) atoms. The van der Waals surface area contributed by atoms with Crippen LogP contribution in [0.15, 0.2) is 16.7 Å². The predicted octanol–water partition coefficient (Wildman–Crippen LogP) is 4.85. The third-order valence-electron chi connectivity index (χ3n) is 6.11. The summed E-state index contributed by atoms with van der Waals surface area (Å²) < 4.78 is 0. The van der Waals surface area contributed by atoms with Crippen LogP contribution in [0.4, 0.5) is 0 Å². The van der Waals surface area contributed by atoms with Gasteiger partial charge in [0, 0.05) is 14.9 Å². The van der Waals surface area contributed by atoms with E-state index in [2.05, 4.69) is 46.9 Å². The summed E-state index contributed by atoms with van der Waals surface area (Å²) in [5.74, 6) is 2.89. The molecule has 4 heteroatoms. The van der Waals surface area contributed by atoms with E-state index in [-0.39, 0.29) is 33.0 Å². The Balaban J connectivity index is 0.000000192. The molecule has 0 aromatic carbocycles. The minimum atomic E-state index is -0.278. The van der Waals surface area contributed by atoms with E-state index in [4.69, 9.17) is 5.73 Å². The van der Waals surface area contributed by atoms with Crippen molar-refractivity contribution in [3.63, 3.8) is 0 Å². The van der Waals surface area contributed by atoms with Gasteiger partial charge in [0.05, 0.1) is 5.91 Å². The molecule has 5 aliphatic carbocycles. The first-order chi connectivity index (χ1) is 10.3. The molecule has 1 unspecified atom stereocenters. The molecule has 125 valence electrons. The van der Waals surface area contributed by atoms with Crippen LogP contribution >= 0.6 is 0 Å². The van der Waals surface area contributed by atoms with Crippen molar-refractivity contribution in [1.29, 1.82) is 0 Å². The Bertz CT molecular complexity index is 493. The zero-order valence-electron chi connectivity index (χ0n) is 15.4. The molecule has 2 nitrogen and oxygen atoms in total. The van der Waals surface area contributed by atoms with Crippen molar-refractivity contribution >= 4 is 15.4 Å². The van der Waals surface area contributed by atoms with Crippen molar-refractivity contribution in [2.75, 3.05) is 0 Å². The van der Waals surface area contributed by atoms with E-state index in [9.17, 15) is 4.79 Å². The summed E-state index contributed by atoms with van der Waals surface area (Å²) in [7, 11) is 0.750. The van der Waals surface area contributed by atoms with Crippen LogP contribution in [0.25, 0.3) is 5.73 Å². The second-order valence-corrected chi connectivity index (χ2v) is 8.74. The summed E-state index contributed by atoms with van der Waals surface area (Å²) in [5, 5.41) is 0. The van der Waals surface area contributed by atoms with Gasteiger partial charge in [-0.25, -0.2) is 5.57 Å². The number of carbonyl (C=O) groups is 1. The summed E-state index contributed by atoms with van der Waals surface area (Å²) >= 11 is 0. The largest absolute Gasteiger partial charge is 2.00 e. The van der Waals surface area contributed by atoms with E-state index >= 15 is 0 Å². The second-order valence-electron chi connectivity index (χ2n) is 7.59. The van der Waals surface area contributed by atoms with Crippen LogP contribution in [0.2, 0.25) is 13.1 Å². The average molecular weight is 364 g/mol. The molecule has 0 spiro atoms. The van der Waals surface area contributed by atoms with E-state index < -0.39 is 0 Å². The van der Waals surface area contributed by atoms with Crippen LogP contribution in [0.3, 0.4) is 0 Å². The maximum atomic E-state index is 10.9. The van der Waals surface area contributed by atoms with Crippen LogP contribution in [0.1, 0.15) is 47.0 Å². The Morgan fingerprint density at radius 1 is 1.13 bits per heavy atom. The molecule has 0 heterocycles. The molecule has 0 aliphatic heterocycles. The van der Waals surface area contributed by atoms with Gasteiger partial charge >= 0.3 is 21.7 Å². The molecule has 4 bridgehead atoms. The second kappa shape index (κ2) is 7.84. The number of amides is 1. The summed E-state index contributed by atoms with van der Waals surface area (Å²) in [5.41, 5.74) is 11.2. The van der Waals surface area contributed by atoms with Gasteiger partial charge in [0.15, 0.2) is 0 Å². The number of allylic oxidation sites excluding steroid dienone is 4. The first kappa shape index (κ1) is 20.9. The van der Waals surface area contributed by atoms with E-state index in [1.807, 2.05) is 0 Å². The maximum Gasteiger partial charge on any atom is 2.00 e. The topological polar surface area (TPSA) is 40.9 Å². The maximum absolute atomic E-state index is 10.9. The zero-order valence-corrected chi connectivity index (χ0v) is 18.1. The van der Waals surface area contributed by atoms with Gasteiger partial charge in [-0.3, -0.25) is 6.08 Å². The molecular formula is C19H30NOSiTi. The molecule has 5 aliphatic rings. The molecule has 1 radical (unpaired) electrons. The fourth-order valence-corrected chi connectivity index (χ4v) is 4.48. The Hall–Kier alpha value is -0.119. The van der Waals surface area contributed by atoms with Crippen LogP contribution in [0, 0.1) is 35.2 Å². The van der Waals surface area contributed by atoms with Gasteiger partial charge in [-0.2, -0.15) is 11.1 Å². The van der Waals surface area contributed by atoms with Crippen molar-refractivity contribution in [3.05, 3.63) is 28.5 Å². The third kappa shape index (κ3) is 3.94. The van der Waals surface area contributed by atoms with E-state index in [0.717, 1.165) is 46.5 Å². The normalized spacial score (nSPS) is 37.9. The zero-order chi connectivity index (χ0) is 16.7. The number of hydrogen-bond donors (Lipinski definition) is 0. The van der Waals surface area contributed by atoms with Gasteiger partial charge in [0.1, 0.15) is 0 Å². The van der Waals surface area contributed by atoms with Crippen LogP contribution < -0.4 is 0 Å². The number of hydrogen-bond acceptors (Lipinski definition) is 1. The molecule has 0 aromatic rings. The number of rotatable bonds is 1. The summed E-state index contributed by atoms with van der Waals surface area (Å²) in [6, 6.07) is 0. The minimum Gasteiger partial charge on any atom is -0.667 e. The van der Waals surface area contributed by atoms with E-state index in [1.54, 1.807) is 0 Å². The van der Waals surface area contributed by atoms with Gasteiger partial charge in [0.25, 0.3) is 0 Å². The summed E-state index contributed by atoms with van der Waals surface area (Å²) in [6.45, 7) is 13.1. The van der Waals surface area contributed by atoms with E-state index in [0.29, 0.717) is 5.92 Å². The van der Waals surface area contributed by atoms with Crippen molar-refractivity contribution in [1.82, 2.24) is 0 Å². The minimum absolute atomic E-state index is 0. The Morgan fingerprint density at radius 2 is 1.52 bits per heavy atom. The standard InChI is InChI=1S/C9H13.C8H11NO.C2H7Si.Ti/c1-6-5-7(2)9(4)8(6)3;9-7(10)8-1-4-5(2-8)6(4)3-8;1-3-2;/h6H,1-4H3;4-6H,1-3H2,(H2,9,10);3H,1-2H3;/q-1;;;+2/p-1. The smallest absolute Gasteiger partial charge is 0.667 e. The number of nitrogens with one attached hydrogen (secondary N) is 1. The molecule has 4 saturated carbocycles. The predicted molar refractivity (Wildman–Crippen MR) is 94.9 cm³/mol. The SMILES string of the molecule is CC1=[C-]C(C)C(C)=C1C.C[SiH]C.[NH-]C(=O)C12CC3C(C1)C3C2.[Ti+2]. The molecule has 4 fully saturated rings. The Kier molecular flexibility index (Phi) is 7.13. The number of carbonyl (C=O) groups excluding carboxylic acids is 1. The Morgan fingerprint density at radius 3 is 1.65 bits per heavy atom. The van der Waals surface area contributed by atoms with Crippen molar-refractivity contribution in [2.45, 2.75) is 60.1 Å². The monoisotopic (exact) mass is 364 g/mol. The fourth-order valence-electron chi connectivity index (χ4n) is 4.48. The van der Waals surface area contributed by atoms with Gasteiger partial charge in [-0.1, -0.05) is 39.8 Å². The first-order valence-electron chi connectivity index (χ1n) is 8.55.